The minimum absolute atomic E-state index is 0.470. The van der Waals surface area contributed by atoms with E-state index >= 15 is 0 Å². The van der Waals surface area contributed by atoms with Gasteiger partial charge in [-0.2, -0.15) is 0 Å². The minimum atomic E-state index is -0.899. The zero-order valence-corrected chi connectivity index (χ0v) is 20.6. The average Bonchev–Trinajstić information content (AvgIpc) is 2.66. The first kappa shape index (κ1) is 21.6. The van der Waals surface area contributed by atoms with Crippen molar-refractivity contribution in [2.45, 2.75) is 0 Å². The van der Waals surface area contributed by atoms with Crippen LogP contribution < -0.4 is 0 Å². The van der Waals surface area contributed by atoms with Crippen LogP contribution >= 0.6 is 63.7 Å². The van der Waals surface area contributed by atoms with Crippen LogP contribution in [0.3, 0.4) is 0 Å². The van der Waals surface area contributed by atoms with Crippen molar-refractivity contribution in [2.75, 3.05) is 0 Å². The molecule has 142 valence electrons. The van der Waals surface area contributed by atoms with Crippen molar-refractivity contribution in [2.24, 2.45) is 0 Å². The topological polar surface area (TPSA) is 0 Å². The third-order valence-electron chi connectivity index (χ3n) is 4.26. The Morgan fingerprint density at radius 2 is 0.893 bits per heavy atom. The summed E-state index contributed by atoms with van der Waals surface area (Å²) in [5, 5.41) is 0. The molecule has 3 rings (SSSR count). The summed E-state index contributed by atoms with van der Waals surface area (Å²) >= 11 is 14.1. The third kappa shape index (κ3) is 4.11. The molecule has 3 aromatic carbocycles. The summed E-state index contributed by atoms with van der Waals surface area (Å²) in [5.74, 6) is -1.80. The fourth-order valence-electron chi connectivity index (χ4n) is 2.85. The summed E-state index contributed by atoms with van der Waals surface area (Å²) < 4.78 is 30.2. The summed E-state index contributed by atoms with van der Waals surface area (Å²) in [4.78, 5) is 0. The van der Waals surface area contributed by atoms with Gasteiger partial charge in [-0.3, -0.25) is 0 Å². The van der Waals surface area contributed by atoms with Crippen LogP contribution in [0.1, 0.15) is 11.1 Å². The van der Waals surface area contributed by atoms with E-state index in [4.69, 9.17) is 0 Å². The van der Waals surface area contributed by atoms with E-state index in [0.29, 0.717) is 10.0 Å². The Morgan fingerprint density at radius 3 is 1.43 bits per heavy atom. The predicted octanol–water partition coefficient (Wildman–Crippen LogP) is 9.63. The van der Waals surface area contributed by atoms with Crippen molar-refractivity contribution in [1.29, 1.82) is 0 Å². The summed E-state index contributed by atoms with van der Waals surface area (Å²) in [7, 11) is 0. The zero-order chi connectivity index (χ0) is 20.6. The van der Waals surface area contributed by atoms with Gasteiger partial charge in [0.2, 0.25) is 0 Å². The van der Waals surface area contributed by atoms with Gasteiger partial charge in [0.1, 0.15) is 0 Å². The maximum atomic E-state index is 13.8. The normalized spacial score (nSPS) is 10.8. The Morgan fingerprint density at radius 1 is 0.536 bits per heavy atom. The van der Waals surface area contributed by atoms with Crippen LogP contribution in [-0.4, -0.2) is 0 Å². The van der Waals surface area contributed by atoms with Gasteiger partial charge >= 0.3 is 0 Å². The smallest absolute Gasteiger partial charge is 0.159 e. The lowest BCUT2D eigenvalue weighted by molar-refractivity contribution is 0.508. The first-order valence-corrected chi connectivity index (χ1v) is 11.2. The van der Waals surface area contributed by atoms with Gasteiger partial charge in [0.15, 0.2) is 11.6 Å². The van der Waals surface area contributed by atoms with Crippen molar-refractivity contribution < 1.29 is 8.78 Å². The third-order valence-corrected chi connectivity index (χ3v) is 6.88. The number of hydrogen-bond acceptors (Lipinski definition) is 0. The molecule has 0 saturated heterocycles. The van der Waals surface area contributed by atoms with Gasteiger partial charge in [0.05, 0.1) is 0 Å². The van der Waals surface area contributed by atoms with E-state index in [1.807, 2.05) is 24.3 Å². The van der Waals surface area contributed by atoms with Crippen LogP contribution in [0.5, 0.6) is 0 Å². The summed E-state index contributed by atoms with van der Waals surface area (Å²) in [6, 6.07) is 10.1. The van der Waals surface area contributed by atoms with E-state index in [2.05, 4.69) is 76.9 Å². The standard InChI is InChI=1S/C22H12Br4F2/c1-3-11-5-13(17(23)6-12(11)4-2)14-7-19(25)15(8-18(14)24)16-9-21(27)22(28)10-20(16)26/h3-10H,1-2H2. The molecule has 6 heteroatoms. The lowest BCUT2D eigenvalue weighted by Crippen LogP contribution is -1.92. The maximum absolute atomic E-state index is 13.8. The molecule has 3 aromatic rings. The molecular formula is C22H12Br4F2. The second-order valence-electron chi connectivity index (χ2n) is 5.93. The van der Waals surface area contributed by atoms with Crippen molar-refractivity contribution >= 4 is 75.9 Å². The molecule has 0 amide bonds. The SMILES string of the molecule is C=Cc1cc(Br)c(-c2cc(Br)c(-c3cc(F)c(F)cc3Br)cc2Br)cc1C=C. The Labute approximate surface area is 195 Å². The van der Waals surface area contributed by atoms with Crippen molar-refractivity contribution in [3.63, 3.8) is 0 Å². The molecule has 0 aliphatic carbocycles. The fraction of sp³-hybridized carbons (Fsp3) is 0. The first-order chi connectivity index (χ1) is 13.3. The summed E-state index contributed by atoms with van der Waals surface area (Å²) in [6.07, 6.45) is 3.56. The first-order valence-electron chi connectivity index (χ1n) is 7.99. The molecule has 0 spiro atoms. The second kappa shape index (κ2) is 8.74. The van der Waals surface area contributed by atoms with Crippen LogP contribution in [-0.2, 0) is 0 Å². The lowest BCUT2D eigenvalue weighted by Gasteiger charge is -2.15. The highest BCUT2D eigenvalue weighted by atomic mass is 79.9. The van der Waals surface area contributed by atoms with Gasteiger partial charge in [0, 0.05) is 23.5 Å². The van der Waals surface area contributed by atoms with Gasteiger partial charge < -0.3 is 0 Å². The van der Waals surface area contributed by atoms with E-state index < -0.39 is 11.6 Å². The highest BCUT2D eigenvalue weighted by Gasteiger charge is 2.17. The molecule has 0 nitrogen and oxygen atoms in total. The molecule has 0 bridgehead atoms. The van der Waals surface area contributed by atoms with Crippen molar-refractivity contribution in [3.8, 4) is 22.3 Å². The number of halogens is 6. The molecule has 0 fully saturated rings. The molecule has 28 heavy (non-hydrogen) atoms. The van der Waals surface area contributed by atoms with Crippen LogP contribution in [0.25, 0.3) is 34.4 Å². The Kier molecular flexibility index (Phi) is 6.75. The van der Waals surface area contributed by atoms with Crippen LogP contribution in [0.4, 0.5) is 8.78 Å². The van der Waals surface area contributed by atoms with E-state index in [1.54, 1.807) is 12.2 Å². The minimum Gasteiger partial charge on any atom is -0.204 e. The number of hydrogen-bond donors (Lipinski definition) is 0. The molecule has 0 heterocycles. The highest BCUT2D eigenvalue weighted by molar-refractivity contribution is 9.11. The molecule has 0 aliphatic rings. The van der Waals surface area contributed by atoms with Crippen molar-refractivity contribution in [3.05, 3.63) is 90.2 Å². The van der Waals surface area contributed by atoms with Gasteiger partial charge in [-0.15, -0.1) is 0 Å². The molecule has 0 unspecified atom stereocenters. The summed E-state index contributed by atoms with van der Waals surface area (Å²) in [5.41, 5.74) is 5.10. The van der Waals surface area contributed by atoms with Crippen LogP contribution in [0, 0.1) is 11.6 Å². The molecule has 0 radical (unpaired) electrons. The largest absolute Gasteiger partial charge is 0.204 e. The second-order valence-corrected chi connectivity index (χ2v) is 9.34. The Bertz CT molecular complexity index is 1120. The summed E-state index contributed by atoms with van der Waals surface area (Å²) in [6.45, 7) is 7.70. The molecule has 0 atom stereocenters. The van der Waals surface area contributed by atoms with Gasteiger partial charge in [-0.05, 0) is 64.2 Å². The molecule has 0 saturated carbocycles. The van der Waals surface area contributed by atoms with Gasteiger partial charge in [-0.25, -0.2) is 8.78 Å². The van der Waals surface area contributed by atoms with Gasteiger partial charge in [0.25, 0.3) is 0 Å². The maximum Gasteiger partial charge on any atom is 0.159 e. The van der Waals surface area contributed by atoms with Crippen LogP contribution in [0.2, 0.25) is 0 Å². The molecule has 0 aliphatic heterocycles. The number of rotatable bonds is 4. The highest BCUT2D eigenvalue weighted by Crippen LogP contribution is 2.43. The van der Waals surface area contributed by atoms with E-state index in [-0.39, 0.29) is 0 Å². The fourth-order valence-corrected chi connectivity index (χ4v) is 5.07. The Hall–Kier alpha value is -1.08. The van der Waals surface area contributed by atoms with Gasteiger partial charge in [-0.1, -0.05) is 89.0 Å². The molecule has 0 aromatic heterocycles. The quantitative estimate of drug-likeness (QED) is 0.251. The number of benzene rings is 3. The van der Waals surface area contributed by atoms with E-state index in [9.17, 15) is 8.78 Å². The molecule has 0 N–H and O–H groups in total. The zero-order valence-electron chi connectivity index (χ0n) is 14.3. The molecular weight excluding hydrogens is 622 g/mol. The predicted molar refractivity (Wildman–Crippen MR) is 128 cm³/mol. The van der Waals surface area contributed by atoms with Crippen LogP contribution in [0.15, 0.2) is 67.4 Å². The van der Waals surface area contributed by atoms with Crippen molar-refractivity contribution in [1.82, 2.24) is 0 Å². The monoisotopic (exact) mass is 630 g/mol. The Balaban J connectivity index is 2.20. The average molecular weight is 634 g/mol. The lowest BCUT2D eigenvalue weighted by atomic mass is 9.97. The van der Waals surface area contributed by atoms with E-state index in [1.165, 1.54) is 6.07 Å². The van der Waals surface area contributed by atoms with E-state index in [0.717, 1.165) is 47.3 Å².